The van der Waals surface area contributed by atoms with Crippen LogP contribution in [0.1, 0.15) is 48.5 Å². The van der Waals surface area contributed by atoms with Crippen LogP contribution in [-0.4, -0.2) is 41.9 Å². The molecule has 22 heavy (non-hydrogen) atoms. The van der Waals surface area contributed by atoms with E-state index in [9.17, 15) is 4.79 Å². The zero-order valence-electron chi connectivity index (χ0n) is 12.7. The number of aryl methyl sites for hydroxylation is 2. The van der Waals surface area contributed by atoms with Crippen LogP contribution < -0.4 is 0 Å². The fourth-order valence-electron chi connectivity index (χ4n) is 2.88. The Kier molecular flexibility index (Phi) is 4.15. The number of hydrogen-bond acceptors (Lipinski definition) is 4. The predicted octanol–water partition coefficient (Wildman–Crippen LogP) is 2.05. The molecule has 3 heterocycles. The van der Waals surface area contributed by atoms with Crippen LogP contribution in [0.3, 0.4) is 0 Å². The van der Waals surface area contributed by atoms with E-state index in [0.29, 0.717) is 23.8 Å². The van der Waals surface area contributed by atoms with Crippen LogP contribution in [0.25, 0.3) is 0 Å². The zero-order valence-corrected chi connectivity index (χ0v) is 13.5. The van der Waals surface area contributed by atoms with Gasteiger partial charge in [0.25, 0.3) is 5.91 Å². The maximum Gasteiger partial charge on any atom is 0.276 e. The highest BCUT2D eigenvalue weighted by atomic mass is 35.5. The first-order valence-corrected chi connectivity index (χ1v) is 7.87. The molecule has 1 fully saturated rings. The molecule has 3 rings (SSSR count). The third-order valence-corrected chi connectivity index (χ3v) is 4.33. The van der Waals surface area contributed by atoms with Crippen molar-refractivity contribution in [1.82, 2.24) is 29.4 Å². The molecule has 7 nitrogen and oxygen atoms in total. The number of aromatic nitrogens is 5. The van der Waals surface area contributed by atoms with Gasteiger partial charge in [0.2, 0.25) is 0 Å². The van der Waals surface area contributed by atoms with E-state index in [1.807, 2.05) is 23.4 Å². The predicted molar refractivity (Wildman–Crippen MR) is 81.5 cm³/mol. The minimum atomic E-state index is -0.134. The summed E-state index contributed by atoms with van der Waals surface area (Å²) in [7, 11) is 1.89. The highest BCUT2D eigenvalue weighted by molar-refractivity contribution is 6.33. The van der Waals surface area contributed by atoms with Gasteiger partial charge in [0.1, 0.15) is 6.33 Å². The van der Waals surface area contributed by atoms with Gasteiger partial charge in [0, 0.05) is 26.3 Å². The first-order chi connectivity index (χ1) is 10.6. The molecule has 0 bridgehead atoms. The van der Waals surface area contributed by atoms with Crippen molar-refractivity contribution in [2.24, 2.45) is 7.05 Å². The molecule has 1 atom stereocenters. The van der Waals surface area contributed by atoms with Crippen molar-refractivity contribution in [3.63, 3.8) is 0 Å². The van der Waals surface area contributed by atoms with Gasteiger partial charge < -0.3 is 9.47 Å². The highest BCUT2D eigenvalue weighted by Crippen LogP contribution is 2.31. The summed E-state index contributed by atoms with van der Waals surface area (Å²) in [6.45, 7) is 3.33. The minimum Gasteiger partial charge on any atom is -0.327 e. The quantitative estimate of drug-likeness (QED) is 0.867. The van der Waals surface area contributed by atoms with Crippen LogP contribution in [0, 0.1) is 0 Å². The van der Waals surface area contributed by atoms with E-state index in [-0.39, 0.29) is 11.9 Å². The molecule has 1 saturated heterocycles. The first-order valence-electron chi connectivity index (χ1n) is 7.49. The van der Waals surface area contributed by atoms with Gasteiger partial charge in [-0.2, -0.15) is 5.10 Å². The standard InChI is InChI=1S/C14H19ClN6O/c1-3-20-8-10(15)12(18-20)14(22)21-7-5-4-6-11(21)13-17-16-9-19(13)2/h8-9,11H,3-7H2,1-2H3. The van der Waals surface area contributed by atoms with Crippen molar-refractivity contribution in [3.05, 3.63) is 29.1 Å². The topological polar surface area (TPSA) is 68.8 Å². The molecule has 1 unspecified atom stereocenters. The average Bonchev–Trinajstić information content (AvgIpc) is 3.12. The smallest absolute Gasteiger partial charge is 0.276 e. The summed E-state index contributed by atoms with van der Waals surface area (Å²) < 4.78 is 3.54. The second-order valence-electron chi connectivity index (χ2n) is 5.49. The van der Waals surface area contributed by atoms with Gasteiger partial charge >= 0.3 is 0 Å². The zero-order chi connectivity index (χ0) is 15.7. The van der Waals surface area contributed by atoms with E-state index in [0.717, 1.165) is 25.1 Å². The molecule has 1 aliphatic rings. The average molecular weight is 323 g/mol. The Labute approximate surface area is 133 Å². The summed E-state index contributed by atoms with van der Waals surface area (Å²) in [5.41, 5.74) is 0.317. The summed E-state index contributed by atoms with van der Waals surface area (Å²) in [4.78, 5) is 14.7. The van der Waals surface area contributed by atoms with E-state index in [2.05, 4.69) is 15.3 Å². The van der Waals surface area contributed by atoms with Gasteiger partial charge in [-0.3, -0.25) is 9.48 Å². The van der Waals surface area contributed by atoms with Crippen molar-refractivity contribution >= 4 is 17.5 Å². The van der Waals surface area contributed by atoms with Crippen molar-refractivity contribution in [3.8, 4) is 0 Å². The normalized spacial score (nSPS) is 18.7. The Balaban J connectivity index is 1.91. The molecule has 0 radical (unpaired) electrons. The molecule has 2 aromatic rings. The van der Waals surface area contributed by atoms with Crippen LogP contribution in [0.2, 0.25) is 5.02 Å². The molecule has 118 valence electrons. The number of carbonyl (C=O) groups excluding carboxylic acids is 1. The molecule has 8 heteroatoms. The van der Waals surface area contributed by atoms with Gasteiger partial charge in [-0.05, 0) is 26.2 Å². The Morgan fingerprint density at radius 2 is 2.27 bits per heavy atom. The largest absolute Gasteiger partial charge is 0.327 e. The lowest BCUT2D eigenvalue weighted by Crippen LogP contribution is -2.40. The molecular weight excluding hydrogens is 304 g/mol. The number of hydrogen-bond donors (Lipinski definition) is 0. The van der Waals surface area contributed by atoms with E-state index in [4.69, 9.17) is 11.6 Å². The molecular formula is C14H19ClN6O. The van der Waals surface area contributed by atoms with Crippen molar-refractivity contribution in [2.75, 3.05) is 6.54 Å². The third kappa shape index (κ3) is 2.61. The molecule has 0 aliphatic carbocycles. The lowest BCUT2D eigenvalue weighted by Gasteiger charge is -2.34. The fourth-order valence-corrected chi connectivity index (χ4v) is 3.11. The number of piperidine rings is 1. The van der Waals surface area contributed by atoms with E-state index in [1.54, 1.807) is 17.2 Å². The molecule has 0 spiro atoms. The van der Waals surface area contributed by atoms with Crippen molar-refractivity contribution in [1.29, 1.82) is 0 Å². The van der Waals surface area contributed by atoms with Gasteiger partial charge in [0.05, 0.1) is 11.1 Å². The van der Waals surface area contributed by atoms with E-state index < -0.39 is 0 Å². The number of rotatable bonds is 3. The Morgan fingerprint density at radius 3 is 2.91 bits per heavy atom. The monoisotopic (exact) mass is 322 g/mol. The van der Waals surface area contributed by atoms with Crippen LogP contribution in [-0.2, 0) is 13.6 Å². The lowest BCUT2D eigenvalue weighted by molar-refractivity contribution is 0.0589. The van der Waals surface area contributed by atoms with Gasteiger partial charge in [-0.1, -0.05) is 11.6 Å². The number of likely N-dealkylation sites (tertiary alicyclic amines) is 1. The number of carbonyl (C=O) groups is 1. The van der Waals surface area contributed by atoms with Crippen LogP contribution in [0.5, 0.6) is 0 Å². The lowest BCUT2D eigenvalue weighted by atomic mass is 10.0. The molecule has 0 aromatic carbocycles. The van der Waals surface area contributed by atoms with Crippen molar-refractivity contribution in [2.45, 2.75) is 38.8 Å². The highest BCUT2D eigenvalue weighted by Gasteiger charge is 2.33. The fraction of sp³-hybridized carbons (Fsp3) is 0.571. The molecule has 1 aliphatic heterocycles. The van der Waals surface area contributed by atoms with Gasteiger partial charge in [-0.15, -0.1) is 10.2 Å². The van der Waals surface area contributed by atoms with Gasteiger partial charge in [0.15, 0.2) is 11.5 Å². The second kappa shape index (κ2) is 6.08. The number of halogens is 1. The molecule has 2 aromatic heterocycles. The van der Waals surface area contributed by atoms with E-state index in [1.165, 1.54) is 0 Å². The number of amides is 1. The minimum absolute atomic E-state index is 0.0726. The van der Waals surface area contributed by atoms with Crippen LogP contribution in [0.15, 0.2) is 12.5 Å². The van der Waals surface area contributed by atoms with Crippen LogP contribution in [0.4, 0.5) is 0 Å². The number of nitrogens with zero attached hydrogens (tertiary/aromatic N) is 6. The molecule has 0 N–H and O–H groups in total. The first kappa shape index (κ1) is 15.0. The Morgan fingerprint density at radius 1 is 1.45 bits per heavy atom. The maximum atomic E-state index is 12.9. The van der Waals surface area contributed by atoms with E-state index >= 15 is 0 Å². The molecule has 0 saturated carbocycles. The summed E-state index contributed by atoms with van der Waals surface area (Å²) in [6, 6.07) is -0.0726. The third-order valence-electron chi connectivity index (χ3n) is 4.05. The maximum absolute atomic E-state index is 12.9. The summed E-state index contributed by atoms with van der Waals surface area (Å²) in [5, 5.41) is 12.8. The Bertz CT molecular complexity index is 679. The summed E-state index contributed by atoms with van der Waals surface area (Å²) in [5.74, 6) is 0.670. The molecule has 1 amide bonds. The Hall–Kier alpha value is -1.89. The second-order valence-corrected chi connectivity index (χ2v) is 5.90. The summed E-state index contributed by atoms with van der Waals surface area (Å²) in [6.07, 6.45) is 6.27. The van der Waals surface area contributed by atoms with Crippen LogP contribution >= 0.6 is 11.6 Å². The van der Waals surface area contributed by atoms with Gasteiger partial charge in [-0.25, -0.2) is 0 Å². The SMILES string of the molecule is CCn1cc(Cl)c(C(=O)N2CCCCC2c2nncn2C)n1. The summed E-state index contributed by atoms with van der Waals surface area (Å²) >= 11 is 6.18. The van der Waals surface area contributed by atoms with Crippen molar-refractivity contribution < 1.29 is 4.79 Å².